The topological polar surface area (TPSA) is 46.3 Å². The van der Waals surface area contributed by atoms with Crippen LogP contribution in [0, 0.1) is 0 Å². The van der Waals surface area contributed by atoms with E-state index in [1.54, 1.807) is 6.07 Å². The van der Waals surface area contributed by atoms with Crippen LogP contribution in [-0.2, 0) is 0 Å². The van der Waals surface area contributed by atoms with Crippen LogP contribution in [0.4, 0.5) is 0 Å². The molecular weight excluding hydrogens is 279 g/mol. The molecule has 2 heterocycles. The molecule has 3 nitrogen and oxygen atoms in total. The Bertz CT molecular complexity index is 422. The van der Waals surface area contributed by atoms with E-state index in [1.165, 1.54) is 11.3 Å². The van der Waals surface area contributed by atoms with Gasteiger partial charge in [0.15, 0.2) is 0 Å². The van der Waals surface area contributed by atoms with Crippen molar-refractivity contribution in [2.45, 2.75) is 25.3 Å². The van der Waals surface area contributed by atoms with Crippen LogP contribution in [0.15, 0.2) is 6.07 Å². The first-order valence-corrected chi connectivity index (χ1v) is 7.16. The number of nitrogens with zero attached hydrogens (tertiary/aromatic N) is 1. The van der Waals surface area contributed by atoms with Gasteiger partial charge in [0.05, 0.1) is 9.90 Å². The molecule has 0 spiro atoms. The number of hydrogen-bond donors (Lipinski definition) is 1. The normalized spacial score (nSPS) is 20.6. The van der Waals surface area contributed by atoms with Crippen molar-refractivity contribution in [2.75, 3.05) is 13.1 Å². The van der Waals surface area contributed by atoms with Gasteiger partial charge in [0.2, 0.25) is 0 Å². The summed E-state index contributed by atoms with van der Waals surface area (Å²) in [5.74, 6) is -0.0479. The minimum atomic E-state index is -0.0479. The fourth-order valence-corrected chi connectivity index (χ4v) is 3.60. The maximum atomic E-state index is 12.3. The molecule has 1 aromatic rings. The van der Waals surface area contributed by atoms with Gasteiger partial charge in [-0.1, -0.05) is 23.2 Å². The summed E-state index contributed by atoms with van der Waals surface area (Å²) >= 11 is 13.1. The lowest BCUT2D eigenvalue weighted by atomic mass is 10.0. The van der Waals surface area contributed by atoms with Crippen LogP contribution in [0.3, 0.4) is 0 Å². The lowest BCUT2D eigenvalue weighted by molar-refractivity contribution is 0.0624. The molecule has 1 aromatic heterocycles. The van der Waals surface area contributed by atoms with Crippen molar-refractivity contribution >= 4 is 40.4 Å². The van der Waals surface area contributed by atoms with Crippen LogP contribution in [0.5, 0.6) is 0 Å². The van der Waals surface area contributed by atoms with Crippen LogP contribution in [0.2, 0.25) is 8.67 Å². The molecule has 2 rings (SSSR count). The highest BCUT2D eigenvalue weighted by atomic mass is 35.5. The molecule has 1 amide bonds. The lowest BCUT2D eigenvalue weighted by Gasteiger charge is -2.35. The zero-order chi connectivity index (χ0) is 12.4. The molecule has 1 unspecified atom stereocenters. The van der Waals surface area contributed by atoms with Crippen LogP contribution in [-0.4, -0.2) is 29.9 Å². The van der Waals surface area contributed by atoms with Gasteiger partial charge in [0, 0.05) is 19.1 Å². The average Bonchev–Trinajstić information content (AvgIpc) is 2.67. The minimum absolute atomic E-state index is 0.0479. The molecule has 1 atom stereocenters. The second kappa shape index (κ2) is 5.57. The quantitative estimate of drug-likeness (QED) is 0.911. The highest BCUT2D eigenvalue weighted by molar-refractivity contribution is 7.20. The predicted octanol–water partition coefficient (Wildman–Crippen LogP) is 3.01. The highest BCUT2D eigenvalue weighted by Crippen LogP contribution is 2.33. The first-order chi connectivity index (χ1) is 8.13. The number of piperidine rings is 1. The molecule has 2 N–H and O–H groups in total. The summed E-state index contributed by atoms with van der Waals surface area (Å²) in [6.07, 6.45) is 3.12. The van der Waals surface area contributed by atoms with Crippen molar-refractivity contribution in [2.24, 2.45) is 5.73 Å². The third kappa shape index (κ3) is 2.76. The molecule has 0 aliphatic carbocycles. The number of nitrogens with two attached hydrogens (primary N) is 1. The number of halogens is 2. The van der Waals surface area contributed by atoms with Gasteiger partial charge in [-0.3, -0.25) is 4.79 Å². The van der Waals surface area contributed by atoms with Crippen molar-refractivity contribution in [1.82, 2.24) is 4.90 Å². The van der Waals surface area contributed by atoms with Crippen molar-refractivity contribution in [3.8, 4) is 0 Å². The maximum Gasteiger partial charge on any atom is 0.256 e. The second-order valence-electron chi connectivity index (χ2n) is 4.12. The summed E-state index contributed by atoms with van der Waals surface area (Å²) in [5.41, 5.74) is 6.20. The van der Waals surface area contributed by atoms with E-state index < -0.39 is 0 Å². The monoisotopic (exact) mass is 292 g/mol. The van der Waals surface area contributed by atoms with Gasteiger partial charge in [-0.2, -0.15) is 0 Å². The number of likely N-dealkylation sites (tertiary alicyclic amines) is 1. The van der Waals surface area contributed by atoms with Gasteiger partial charge in [0.1, 0.15) is 4.34 Å². The van der Waals surface area contributed by atoms with E-state index in [0.717, 1.165) is 25.8 Å². The SMILES string of the molecule is NCC1CCCCN1C(=O)c1cc(Cl)sc1Cl. The zero-order valence-corrected chi connectivity index (χ0v) is 11.6. The van der Waals surface area contributed by atoms with Crippen molar-refractivity contribution in [3.63, 3.8) is 0 Å². The molecule has 1 aliphatic rings. The molecule has 0 aromatic carbocycles. The Balaban J connectivity index is 2.21. The Morgan fingerprint density at radius 1 is 1.53 bits per heavy atom. The predicted molar refractivity (Wildman–Crippen MR) is 72.1 cm³/mol. The lowest BCUT2D eigenvalue weighted by Crippen LogP contribution is -2.47. The molecule has 17 heavy (non-hydrogen) atoms. The van der Waals surface area contributed by atoms with E-state index in [-0.39, 0.29) is 11.9 Å². The average molecular weight is 293 g/mol. The molecule has 1 aliphatic heterocycles. The second-order valence-corrected chi connectivity index (χ2v) is 6.41. The van der Waals surface area contributed by atoms with Crippen molar-refractivity contribution < 1.29 is 4.79 Å². The van der Waals surface area contributed by atoms with Crippen LogP contribution in [0.1, 0.15) is 29.6 Å². The molecule has 0 saturated carbocycles. The number of amides is 1. The number of hydrogen-bond acceptors (Lipinski definition) is 3. The number of carbonyl (C=O) groups excluding carboxylic acids is 1. The first kappa shape index (κ1) is 13.1. The minimum Gasteiger partial charge on any atom is -0.334 e. The van der Waals surface area contributed by atoms with Crippen LogP contribution in [0.25, 0.3) is 0 Å². The molecule has 0 radical (unpaired) electrons. The molecule has 6 heteroatoms. The van der Waals surface area contributed by atoms with Gasteiger partial charge >= 0.3 is 0 Å². The zero-order valence-electron chi connectivity index (χ0n) is 9.29. The number of rotatable bonds is 2. The van der Waals surface area contributed by atoms with E-state index in [0.29, 0.717) is 20.8 Å². The molecule has 1 saturated heterocycles. The Morgan fingerprint density at radius 2 is 2.29 bits per heavy atom. The van der Waals surface area contributed by atoms with Crippen LogP contribution < -0.4 is 5.73 Å². The van der Waals surface area contributed by atoms with Gasteiger partial charge in [-0.05, 0) is 25.3 Å². The summed E-state index contributed by atoms with van der Waals surface area (Å²) in [7, 11) is 0. The fraction of sp³-hybridized carbons (Fsp3) is 0.545. The van der Waals surface area contributed by atoms with Gasteiger partial charge < -0.3 is 10.6 Å². The summed E-state index contributed by atoms with van der Waals surface area (Å²) in [5, 5.41) is 0. The third-order valence-corrected chi connectivity index (χ3v) is 4.53. The maximum absolute atomic E-state index is 12.3. The molecule has 1 fully saturated rings. The number of carbonyl (C=O) groups is 1. The van der Waals surface area contributed by atoms with E-state index in [9.17, 15) is 4.79 Å². The molecular formula is C11H14Cl2N2OS. The molecule has 94 valence electrons. The van der Waals surface area contributed by atoms with Gasteiger partial charge in [-0.15, -0.1) is 11.3 Å². The van der Waals surface area contributed by atoms with Crippen LogP contribution >= 0.6 is 34.5 Å². The summed E-state index contributed by atoms with van der Waals surface area (Å²) in [6, 6.07) is 1.77. The van der Waals surface area contributed by atoms with Gasteiger partial charge in [0.25, 0.3) is 5.91 Å². The van der Waals surface area contributed by atoms with E-state index in [4.69, 9.17) is 28.9 Å². The molecule has 0 bridgehead atoms. The van der Waals surface area contributed by atoms with Crippen molar-refractivity contribution in [3.05, 3.63) is 20.3 Å². The summed E-state index contributed by atoms with van der Waals surface area (Å²) in [6.45, 7) is 1.26. The van der Waals surface area contributed by atoms with E-state index in [2.05, 4.69) is 0 Å². The third-order valence-electron chi connectivity index (χ3n) is 3.05. The van der Waals surface area contributed by atoms with E-state index >= 15 is 0 Å². The fourth-order valence-electron chi connectivity index (χ4n) is 2.15. The Kier molecular flexibility index (Phi) is 4.31. The Labute approximate surface area is 114 Å². The smallest absolute Gasteiger partial charge is 0.256 e. The first-order valence-electron chi connectivity index (χ1n) is 5.59. The summed E-state index contributed by atoms with van der Waals surface area (Å²) in [4.78, 5) is 14.2. The number of thiophene rings is 1. The Hall–Kier alpha value is -0.290. The summed E-state index contributed by atoms with van der Waals surface area (Å²) < 4.78 is 1.00. The largest absolute Gasteiger partial charge is 0.334 e. The standard InChI is InChI=1S/C11H14Cl2N2OS/c12-9-5-8(10(13)17-9)11(16)15-4-2-1-3-7(15)6-14/h5,7H,1-4,6,14H2. The highest BCUT2D eigenvalue weighted by Gasteiger charge is 2.28. The van der Waals surface area contributed by atoms with Gasteiger partial charge in [-0.25, -0.2) is 0 Å². The van der Waals surface area contributed by atoms with E-state index in [1.807, 2.05) is 4.90 Å². The Morgan fingerprint density at radius 3 is 2.88 bits per heavy atom. The van der Waals surface area contributed by atoms with Crippen molar-refractivity contribution in [1.29, 1.82) is 0 Å².